The third-order valence-electron chi connectivity index (χ3n) is 6.47. The monoisotopic (exact) mass is 497 g/mol. The number of hydrogen-bond donors (Lipinski definition) is 3. The Morgan fingerprint density at radius 3 is 2.39 bits per heavy atom. The molecule has 2 aromatic carbocycles. The molecular formula is C27H35N3O6. The SMILES string of the molecule is CCC[C@@H](C(=O)N1Cc2cc(OCC(=O)NO)ccc2C[C@H]1C(=O)Nc1ccc(OC)cc1)C(C)C. The fraction of sp³-hybridized carbons (Fsp3) is 0.444. The first-order valence-corrected chi connectivity index (χ1v) is 12.2. The van der Waals surface area contributed by atoms with Gasteiger partial charge in [-0.1, -0.05) is 33.3 Å². The number of amides is 3. The summed E-state index contributed by atoms with van der Waals surface area (Å²) < 4.78 is 10.6. The minimum absolute atomic E-state index is 0.0432. The molecule has 3 amide bonds. The number of nitrogens with zero attached hydrogens (tertiary/aromatic N) is 1. The van der Waals surface area contributed by atoms with E-state index in [1.807, 2.05) is 26.8 Å². The minimum Gasteiger partial charge on any atom is -0.497 e. The van der Waals surface area contributed by atoms with Gasteiger partial charge < -0.3 is 19.7 Å². The molecule has 9 heteroatoms. The second-order valence-electron chi connectivity index (χ2n) is 9.30. The molecule has 36 heavy (non-hydrogen) atoms. The Bertz CT molecular complexity index is 1070. The smallest absolute Gasteiger partial charge is 0.281 e. The first kappa shape index (κ1) is 27.0. The lowest BCUT2D eigenvalue weighted by Gasteiger charge is -2.39. The van der Waals surface area contributed by atoms with E-state index >= 15 is 0 Å². The van der Waals surface area contributed by atoms with Gasteiger partial charge in [-0.2, -0.15) is 0 Å². The molecule has 2 aromatic rings. The van der Waals surface area contributed by atoms with Crippen molar-refractivity contribution in [3.8, 4) is 11.5 Å². The first-order valence-electron chi connectivity index (χ1n) is 12.2. The van der Waals surface area contributed by atoms with Crippen LogP contribution in [0.5, 0.6) is 11.5 Å². The van der Waals surface area contributed by atoms with Gasteiger partial charge in [0.1, 0.15) is 17.5 Å². The molecule has 1 aliphatic rings. The van der Waals surface area contributed by atoms with Gasteiger partial charge in [-0.15, -0.1) is 0 Å². The van der Waals surface area contributed by atoms with Crippen LogP contribution in [0.4, 0.5) is 5.69 Å². The maximum atomic E-state index is 13.7. The van der Waals surface area contributed by atoms with E-state index < -0.39 is 11.9 Å². The van der Waals surface area contributed by atoms with Crippen LogP contribution in [-0.2, 0) is 27.3 Å². The number of anilines is 1. The van der Waals surface area contributed by atoms with Gasteiger partial charge in [0.2, 0.25) is 11.8 Å². The van der Waals surface area contributed by atoms with Gasteiger partial charge in [0.25, 0.3) is 5.91 Å². The maximum Gasteiger partial charge on any atom is 0.281 e. The molecule has 0 saturated heterocycles. The second-order valence-corrected chi connectivity index (χ2v) is 9.30. The van der Waals surface area contributed by atoms with Crippen LogP contribution in [0.15, 0.2) is 42.5 Å². The summed E-state index contributed by atoms with van der Waals surface area (Å²) >= 11 is 0. The van der Waals surface area contributed by atoms with E-state index in [1.54, 1.807) is 48.4 Å². The van der Waals surface area contributed by atoms with Crippen LogP contribution < -0.4 is 20.3 Å². The summed E-state index contributed by atoms with van der Waals surface area (Å²) in [6.45, 7) is 6.03. The van der Waals surface area contributed by atoms with Gasteiger partial charge in [0.05, 0.1) is 7.11 Å². The Hall–Kier alpha value is -3.59. The first-order chi connectivity index (χ1) is 17.3. The topological polar surface area (TPSA) is 117 Å². The molecule has 1 heterocycles. The van der Waals surface area contributed by atoms with Gasteiger partial charge in [-0.25, -0.2) is 5.48 Å². The van der Waals surface area contributed by atoms with Gasteiger partial charge in [-0.05, 0) is 59.9 Å². The number of hydroxylamine groups is 1. The van der Waals surface area contributed by atoms with E-state index in [2.05, 4.69) is 5.32 Å². The van der Waals surface area contributed by atoms with Crippen LogP contribution in [0.1, 0.15) is 44.7 Å². The zero-order valence-corrected chi connectivity index (χ0v) is 21.2. The molecule has 3 N–H and O–H groups in total. The molecule has 1 aliphatic heterocycles. The molecule has 0 bridgehead atoms. The lowest BCUT2D eigenvalue weighted by molar-refractivity contribution is -0.145. The number of fused-ring (bicyclic) bond motifs is 1. The second kappa shape index (κ2) is 12.4. The zero-order chi connectivity index (χ0) is 26.2. The molecule has 0 spiro atoms. The van der Waals surface area contributed by atoms with Gasteiger partial charge in [-0.3, -0.25) is 19.6 Å². The molecule has 0 saturated carbocycles. The lowest BCUT2D eigenvalue weighted by Crippen LogP contribution is -2.53. The van der Waals surface area contributed by atoms with Crippen molar-refractivity contribution in [2.45, 2.75) is 52.6 Å². The van der Waals surface area contributed by atoms with E-state index in [4.69, 9.17) is 14.7 Å². The number of carbonyl (C=O) groups excluding carboxylic acids is 3. The molecule has 3 rings (SSSR count). The average molecular weight is 498 g/mol. The standard InChI is InChI=1S/C27H35N3O6/c1-5-6-23(17(2)3)27(33)30-15-19-13-22(36-16-25(31)29-34)10-7-18(19)14-24(30)26(32)28-20-8-11-21(35-4)12-9-20/h7-13,17,23-24,34H,5-6,14-16H2,1-4H3,(H,28,32)(H,29,31)/t23-,24+/m1/s1. The van der Waals surface area contributed by atoms with Crippen molar-refractivity contribution in [1.29, 1.82) is 0 Å². The van der Waals surface area contributed by atoms with E-state index in [9.17, 15) is 14.4 Å². The molecule has 2 atom stereocenters. The number of hydrogen-bond acceptors (Lipinski definition) is 6. The highest BCUT2D eigenvalue weighted by Crippen LogP contribution is 2.31. The van der Waals surface area contributed by atoms with Crippen molar-refractivity contribution >= 4 is 23.4 Å². The fourth-order valence-corrected chi connectivity index (χ4v) is 4.46. The largest absolute Gasteiger partial charge is 0.497 e. The summed E-state index contributed by atoms with van der Waals surface area (Å²) in [6.07, 6.45) is 1.97. The summed E-state index contributed by atoms with van der Waals surface area (Å²) in [5, 5.41) is 11.6. The van der Waals surface area contributed by atoms with Gasteiger partial charge in [0, 0.05) is 24.6 Å². The number of benzene rings is 2. The van der Waals surface area contributed by atoms with Crippen molar-refractivity contribution in [1.82, 2.24) is 10.4 Å². The Morgan fingerprint density at radius 1 is 1.08 bits per heavy atom. The highest BCUT2D eigenvalue weighted by Gasteiger charge is 2.38. The van der Waals surface area contributed by atoms with Crippen LogP contribution in [-0.4, -0.2) is 47.6 Å². The highest BCUT2D eigenvalue weighted by atomic mass is 16.5. The van der Waals surface area contributed by atoms with Crippen LogP contribution >= 0.6 is 0 Å². The van der Waals surface area contributed by atoms with Crippen LogP contribution in [0.25, 0.3) is 0 Å². The van der Waals surface area contributed by atoms with Crippen LogP contribution in [0.3, 0.4) is 0 Å². The van der Waals surface area contributed by atoms with Crippen molar-refractivity contribution in [3.05, 3.63) is 53.6 Å². The predicted octanol–water partition coefficient (Wildman–Crippen LogP) is 3.54. The van der Waals surface area contributed by atoms with Gasteiger partial charge >= 0.3 is 0 Å². The number of rotatable bonds is 10. The van der Waals surface area contributed by atoms with Crippen molar-refractivity contribution in [2.75, 3.05) is 19.0 Å². The maximum absolute atomic E-state index is 13.7. The zero-order valence-electron chi connectivity index (χ0n) is 21.2. The summed E-state index contributed by atoms with van der Waals surface area (Å²) in [7, 11) is 1.58. The van der Waals surface area contributed by atoms with E-state index in [1.165, 1.54) is 5.48 Å². The number of methoxy groups -OCH3 is 1. The third kappa shape index (κ3) is 6.54. The third-order valence-corrected chi connectivity index (χ3v) is 6.47. The Morgan fingerprint density at radius 2 is 1.78 bits per heavy atom. The quantitative estimate of drug-likeness (QED) is 0.341. The number of carbonyl (C=O) groups is 3. The van der Waals surface area contributed by atoms with Crippen molar-refractivity contribution in [3.63, 3.8) is 0 Å². The fourth-order valence-electron chi connectivity index (χ4n) is 4.46. The Balaban J connectivity index is 1.89. The summed E-state index contributed by atoms with van der Waals surface area (Å²) in [6, 6.07) is 11.7. The molecule has 194 valence electrons. The van der Waals surface area contributed by atoms with E-state index in [0.29, 0.717) is 23.6 Å². The highest BCUT2D eigenvalue weighted by molar-refractivity contribution is 5.98. The molecule has 0 aromatic heterocycles. The molecule has 0 fully saturated rings. The summed E-state index contributed by atoms with van der Waals surface area (Å²) in [5.74, 6) is 0.108. The molecule has 0 aliphatic carbocycles. The van der Waals surface area contributed by atoms with E-state index in [-0.39, 0.29) is 36.8 Å². The molecule has 0 radical (unpaired) electrons. The minimum atomic E-state index is -0.669. The summed E-state index contributed by atoms with van der Waals surface area (Å²) in [4.78, 5) is 40.2. The average Bonchev–Trinajstić information content (AvgIpc) is 2.89. The molecule has 0 unspecified atom stereocenters. The number of ether oxygens (including phenoxy) is 2. The van der Waals surface area contributed by atoms with Crippen molar-refractivity contribution in [2.24, 2.45) is 11.8 Å². The Labute approximate surface area is 211 Å². The van der Waals surface area contributed by atoms with Crippen molar-refractivity contribution < 1.29 is 29.1 Å². The normalized spacial score (nSPS) is 15.6. The van der Waals surface area contributed by atoms with E-state index in [0.717, 1.165) is 24.0 Å². The van der Waals surface area contributed by atoms with Gasteiger partial charge in [0.15, 0.2) is 6.61 Å². The van der Waals surface area contributed by atoms with Crippen LogP contribution in [0, 0.1) is 11.8 Å². The molecular weight excluding hydrogens is 462 g/mol. The van der Waals surface area contributed by atoms with Crippen LogP contribution in [0.2, 0.25) is 0 Å². The lowest BCUT2D eigenvalue weighted by atomic mass is 9.86. The Kier molecular flexibility index (Phi) is 9.30. The molecule has 9 nitrogen and oxygen atoms in total. The summed E-state index contributed by atoms with van der Waals surface area (Å²) in [5.41, 5.74) is 3.95. The predicted molar refractivity (Wildman–Crippen MR) is 135 cm³/mol. The number of nitrogens with one attached hydrogen (secondary N) is 2.